The summed E-state index contributed by atoms with van der Waals surface area (Å²) in [4.78, 5) is 27.0. The number of aliphatic hydroxyl groups excluding tert-OH is 1. The molecule has 0 fully saturated rings. The van der Waals surface area contributed by atoms with E-state index in [1.54, 1.807) is 42.5 Å². The molecule has 0 saturated carbocycles. The number of ketones is 1. The Bertz CT molecular complexity index is 1300. The minimum absolute atomic E-state index is 0.0640. The van der Waals surface area contributed by atoms with Crippen molar-refractivity contribution in [1.29, 1.82) is 0 Å². The van der Waals surface area contributed by atoms with Gasteiger partial charge < -0.3 is 10.4 Å². The van der Waals surface area contributed by atoms with Crippen molar-refractivity contribution in [3.8, 4) is 0 Å². The highest BCUT2D eigenvalue weighted by molar-refractivity contribution is 6.31. The van der Waals surface area contributed by atoms with Crippen molar-refractivity contribution in [3.05, 3.63) is 105 Å². The number of aliphatic hydroxyl groups is 1. The maximum absolute atomic E-state index is 13.6. The molecule has 160 valence electrons. The fraction of sp³-hybridized carbons (Fsp3) is 0.154. The number of hydrogen-bond donors (Lipinski definition) is 2. The minimum atomic E-state index is -1.09. The molecule has 0 radical (unpaired) electrons. The molecule has 1 aliphatic carbocycles. The van der Waals surface area contributed by atoms with Crippen molar-refractivity contribution in [2.24, 2.45) is 0 Å². The van der Waals surface area contributed by atoms with Crippen LogP contribution >= 0.6 is 23.2 Å². The summed E-state index contributed by atoms with van der Waals surface area (Å²) in [7, 11) is 0. The zero-order valence-corrected chi connectivity index (χ0v) is 18.5. The molecule has 2 aliphatic rings. The topological polar surface area (TPSA) is 66.4 Å². The van der Waals surface area contributed by atoms with Crippen molar-refractivity contribution in [1.82, 2.24) is 0 Å². The number of allylic oxidation sites excluding steroid dienone is 1. The zero-order valence-electron chi connectivity index (χ0n) is 16.9. The maximum Gasteiger partial charge on any atom is 0.239 e. The quantitative estimate of drug-likeness (QED) is 0.537. The molecular formula is C26H19Cl2NO3. The predicted octanol–water partition coefficient (Wildman–Crippen LogP) is 5.52. The van der Waals surface area contributed by atoms with E-state index in [2.05, 4.69) is 5.32 Å². The van der Waals surface area contributed by atoms with Crippen LogP contribution in [-0.4, -0.2) is 16.8 Å². The number of carbonyl (C=O) groups is 2. The smallest absolute Gasteiger partial charge is 0.239 e. The molecule has 2 atom stereocenters. The second kappa shape index (κ2) is 7.89. The number of anilines is 1. The Hall–Kier alpha value is -2.92. The number of fused-ring (bicyclic) bond motifs is 2. The molecule has 1 amide bonds. The predicted molar refractivity (Wildman–Crippen MR) is 126 cm³/mol. The molecule has 3 aromatic carbocycles. The van der Waals surface area contributed by atoms with E-state index < -0.39 is 11.3 Å². The van der Waals surface area contributed by atoms with E-state index in [9.17, 15) is 14.7 Å². The minimum Gasteiger partial charge on any atom is -0.392 e. The summed E-state index contributed by atoms with van der Waals surface area (Å²) in [6.45, 7) is -0.132. The fourth-order valence-electron chi connectivity index (χ4n) is 4.87. The highest BCUT2D eigenvalue weighted by atomic mass is 35.5. The van der Waals surface area contributed by atoms with Crippen LogP contribution in [0.3, 0.4) is 0 Å². The van der Waals surface area contributed by atoms with E-state index in [0.29, 0.717) is 32.4 Å². The zero-order chi connectivity index (χ0) is 22.5. The first-order chi connectivity index (χ1) is 15.4. The average molecular weight is 464 g/mol. The van der Waals surface area contributed by atoms with Crippen LogP contribution < -0.4 is 5.32 Å². The van der Waals surface area contributed by atoms with Crippen LogP contribution in [0, 0.1) is 0 Å². The number of carbonyl (C=O) groups excluding carboxylic acids is 2. The molecule has 0 unspecified atom stereocenters. The van der Waals surface area contributed by atoms with Crippen molar-refractivity contribution in [3.63, 3.8) is 0 Å². The average Bonchev–Trinajstić information content (AvgIpc) is 3.05. The van der Waals surface area contributed by atoms with Gasteiger partial charge in [-0.15, -0.1) is 0 Å². The molecule has 3 aromatic rings. The summed E-state index contributed by atoms with van der Waals surface area (Å²) in [5.74, 6) is -0.699. The number of Topliss-reactive ketones (excluding diaryl/α,β-unsaturated/α-hetero) is 1. The normalized spacial score (nSPS) is 22.0. The van der Waals surface area contributed by atoms with Gasteiger partial charge in [0.1, 0.15) is 5.41 Å². The molecule has 5 rings (SSSR count). The van der Waals surface area contributed by atoms with Gasteiger partial charge in [-0.05, 0) is 52.6 Å². The third-order valence-electron chi connectivity index (χ3n) is 6.33. The Morgan fingerprint density at radius 1 is 0.969 bits per heavy atom. The SMILES string of the molecule is O=C1C[C@@H](c2cccc(Cl)c2)[C@@]2(C=C1c1cccc(CO)c1)C(=O)Nc1cc(Cl)ccc12. The first-order valence-electron chi connectivity index (χ1n) is 10.3. The van der Waals surface area contributed by atoms with Crippen molar-refractivity contribution >= 4 is 46.2 Å². The van der Waals surface area contributed by atoms with Gasteiger partial charge in [0.05, 0.1) is 6.61 Å². The third-order valence-corrected chi connectivity index (χ3v) is 6.80. The van der Waals surface area contributed by atoms with Crippen LogP contribution in [0.15, 0.2) is 72.8 Å². The summed E-state index contributed by atoms with van der Waals surface area (Å²) in [6, 6.07) is 19.9. The molecule has 4 nitrogen and oxygen atoms in total. The molecule has 32 heavy (non-hydrogen) atoms. The first kappa shape index (κ1) is 21.0. The number of nitrogens with one attached hydrogen (secondary N) is 1. The second-order valence-corrected chi connectivity index (χ2v) is 9.04. The van der Waals surface area contributed by atoms with Gasteiger partial charge in [0.15, 0.2) is 5.78 Å². The van der Waals surface area contributed by atoms with E-state index in [0.717, 1.165) is 11.1 Å². The molecule has 0 saturated heterocycles. The highest BCUT2D eigenvalue weighted by Gasteiger charge is 2.54. The third kappa shape index (κ3) is 3.27. The molecule has 6 heteroatoms. The molecule has 1 aliphatic heterocycles. The van der Waals surface area contributed by atoms with Crippen molar-refractivity contribution in [2.75, 3.05) is 5.32 Å². The summed E-state index contributed by atoms with van der Waals surface area (Å²) < 4.78 is 0. The lowest BCUT2D eigenvalue weighted by molar-refractivity contribution is -0.121. The lowest BCUT2D eigenvalue weighted by atomic mass is 9.61. The van der Waals surface area contributed by atoms with Gasteiger partial charge in [-0.1, -0.05) is 65.7 Å². The van der Waals surface area contributed by atoms with E-state index >= 15 is 0 Å². The Labute approximate surface area is 195 Å². The van der Waals surface area contributed by atoms with Gasteiger partial charge >= 0.3 is 0 Å². The Morgan fingerprint density at radius 2 is 1.75 bits per heavy atom. The highest BCUT2D eigenvalue weighted by Crippen LogP contribution is 2.54. The monoisotopic (exact) mass is 463 g/mol. The Morgan fingerprint density at radius 3 is 2.53 bits per heavy atom. The summed E-state index contributed by atoms with van der Waals surface area (Å²) in [6.07, 6.45) is 1.93. The Balaban J connectivity index is 1.78. The van der Waals surface area contributed by atoms with Crippen LogP contribution in [0.1, 0.15) is 34.6 Å². The van der Waals surface area contributed by atoms with Crippen LogP contribution in [-0.2, 0) is 21.6 Å². The summed E-state index contributed by atoms with van der Waals surface area (Å²) in [5, 5.41) is 13.6. The van der Waals surface area contributed by atoms with E-state index in [-0.39, 0.29) is 24.7 Å². The first-order valence-corrected chi connectivity index (χ1v) is 11.0. The number of amides is 1. The van der Waals surface area contributed by atoms with Crippen LogP contribution in [0.4, 0.5) is 5.69 Å². The van der Waals surface area contributed by atoms with Gasteiger partial charge in [0, 0.05) is 33.6 Å². The second-order valence-electron chi connectivity index (χ2n) is 8.16. The largest absolute Gasteiger partial charge is 0.392 e. The van der Waals surface area contributed by atoms with E-state index in [1.165, 1.54) is 0 Å². The van der Waals surface area contributed by atoms with E-state index in [1.807, 2.05) is 30.3 Å². The molecule has 1 heterocycles. The number of benzene rings is 3. The molecule has 1 spiro atoms. The number of halogens is 2. The maximum atomic E-state index is 13.6. The molecule has 0 aromatic heterocycles. The summed E-state index contributed by atoms with van der Waals surface area (Å²) >= 11 is 12.5. The van der Waals surface area contributed by atoms with Crippen LogP contribution in [0.5, 0.6) is 0 Å². The van der Waals surface area contributed by atoms with Gasteiger partial charge in [0.25, 0.3) is 0 Å². The lowest BCUT2D eigenvalue weighted by Gasteiger charge is -2.38. The standard InChI is InChI=1S/C26H19Cl2NO3/c27-18-6-2-5-17(10-18)22-12-24(31)20(16-4-1-3-15(9-16)14-30)13-26(22)21-8-7-19(28)11-23(21)29-25(26)32/h1-11,13,22,30H,12,14H2,(H,29,32)/t22-,26-/m0/s1. The Kier molecular flexibility index (Phi) is 5.17. The van der Waals surface area contributed by atoms with Gasteiger partial charge in [-0.3, -0.25) is 9.59 Å². The lowest BCUT2D eigenvalue weighted by Crippen LogP contribution is -2.43. The molecular weight excluding hydrogens is 445 g/mol. The number of hydrogen-bond acceptors (Lipinski definition) is 3. The van der Waals surface area contributed by atoms with Crippen molar-refractivity contribution in [2.45, 2.75) is 24.4 Å². The van der Waals surface area contributed by atoms with E-state index in [4.69, 9.17) is 23.2 Å². The van der Waals surface area contributed by atoms with Gasteiger partial charge in [-0.25, -0.2) is 0 Å². The molecule has 2 N–H and O–H groups in total. The van der Waals surface area contributed by atoms with Gasteiger partial charge in [0.2, 0.25) is 5.91 Å². The molecule has 0 bridgehead atoms. The van der Waals surface area contributed by atoms with Gasteiger partial charge in [-0.2, -0.15) is 0 Å². The van der Waals surface area contributed by atoms with Crippen LogP contribution in [0.2, 0.25) is 10.0 Å². The summed E-state index contributed by atoms with van der Waals surface area (Å²) in [5.41, 5.74) is 3.00. The van der Waals surface area contributed by atoms with Crippen molar-refractivity contribution < 1.29 is 14.7 Å². The number of rotatable bonds is 3. The van der Waals surface area contributed by atoms with Crippen LogP contribution in [0.25, 0.3) is 5.57 Å². The fourth-order valence-corrected chi connectivity index (χ4v) is 5.24.